The first kappa shape index (κ1) is 29.5. The van der Waals surface area contributed by atoms with Crippen molar-refractivity contribution in [2.75, 3.05) is 0 Å². The molecule has 0 aliphatic carbocycles. The van der Waals surface area contributed by atoms with Crippen LogP contribution in [0.5, 0.6) is 0 Å². The predicted octanol–water partition coefficient (Wildman–Crippen LogP) is 10.3. The van der Waals surface area contributed by atoms with E-state index in [-0.39, 0.29) is 0 Å². The normalized spacial score (nSPS) is 13.1. The van der Waals surface area contributed by atoms with E-state index in [1.807, 2.05) is 6.07 Å². The fraction of sp³-hybridized carbons (Fsp3) is 0.0213. The Morgan fingerprint density at radius 2 is 1.08 bits per heavy atom. The second-order valence-electron chi connectivity index (χ2n) is 13.5. The summed E-state index contributed by atoms with van der Waals surface area (Å²) in [6.45, 7) is 0. The molecule has 7 aromatic carbocycles. The van der Waals surface area contributed by atoms with Crippen molar-refractivity contribution in [3.8, 4) is 34.2 Å². The molecule has 0 saturated carbocycles. The standard InChI is InChI=1S/C47H30N6/c1-3-14-31(15-4-1)47(32-16-5-2-6-17-32)38-22-13-23-40-44(38)53(46(51-40)37-21-8-7-20-36(37)45-49-29-48-30-50-45)43-27-26-33(28-39(43)47)52-41-24-11-9-18-34(41)35-19-10-12-25-42(35)52/h1-30H. The van der Waals surface area contributed by atoms with E-state index in [0.29, 0.717) is 5.82 Å². The molecule has 0 N–H and O–H groups in total. The molecule has 1 aliphatic heterocycles. The fourth-order valence-corrected chi connectivity index (χ4v) is 8.76. The van der Waals surface area contributed by atoms with Gasteiger partial charge in [-0.05, 0) is 58.7 Å². The molecule has 11 rings (SSSR count). The average molecular weight is 679 g/mol. The molecule has 10 aromatic rings. The van der Waals surface area contributed by atoms with Gasteiger partial charge in [-0.3, -0.25) is 4.57 Å². The Labute approximate surface area is 305 Å². The van der Waals surface area contributed by atoms with Gasteiger partial charge in [-0.1, -0.05) is 133 Å². The fourth-order valence-electron chi connectivity index (χ4n) is 8.76. The minimum absolute atomic E-state index is 0.608. The molecular formula is C47H30N6. The molecule has 6 heteroatoms. The van der Waals surface area contributed by atoms with Crippen LogP contribution in [0.3, 0.4) is 0 Å². The molecule has 0 atom stereocenters. The monoisotopic (exact) mass is 678 g/mol. The number of para-hydroxylation sites is 3. The lowest BCUT2D eigenvalue weighted by atomic mass is 9.63. The van der Waals surface area contributed by atoms with Crippen LogP contribution < -0.4 is 0 Å². The van der Waals surface area contributed by atoms with Gasteiger partial charge in [-0.2, -0.15) is 0 Å². The van der Waals surface area contributed by atoms with E-state index in [1.165, 1.54) is 44.1 Å². The largest absolute Gasteiger partial charge is 0.309 e. The Kier molecular flexibility index (Phi) is 6.36. The van der Waals surface area contributed by atoms with Crippen LogP contribution >= 0.6 is 0 Å². The summed E-state index contributed by atoms with van der Waals surface area (Å²) in [5.74, 6) is 1.44. The van der Waals surface area contributed by atoms with Crippen molar-refractivity contribution in [3.63, 3.8) is 0 Å². The smallest absolute Gasteiger partial charge is 0.163 e. The van der Waals surface area contributed by atoms with Gasteiger partial charge in [-0.15, -0.1) is 0 Å². The van der Waals surface area contributed by atoms with E-state index >= 15 is 0 Å². The van der Waals surface area contributed by atoms with Crippen molar-refractivity contribution in [1.29, 1.82) is 0 Å². The van der Waals surface area contributed by atoms with Crippen molar-refractivity contribution in [2.24, 2.45) is 0 Å². The lowest BCUT2D eigenvalue weighted by Crippen LogP contribution is -2.35. The summed E-state index contributed by atoms with van der Waals surface area (Å²) in [5.41, 5.74) is 12.4. The van der Waals surface area contributed by atoms with Crippen LogP contribution in [0.15, 0.2) is 183 Å². The number of aromatic nitrogens is 6. The molecule has 0 fully saturated rings. The zero-order valence-corrected chi connectivity index (χ0v) is 28.5. The third kappa shape index (κ3) is 4.14. The summed E-state index contributed by atoms with van der Waals surface area (Å²) in [6, 6.07) is 61.1. The van der Waals surface area contributed by atoms with Crippen LogP contribution in [-0.2, 0) is 5.41 Å². The number of rotatable bonds is 5. The van der Waals surface area contributed by atoms with Crippen molar-refractivity contribution in [2.45, 2.75) is 5.41 Å². The summed E-state index contributed by atoms with van der Waals surface area (Å²) in [6.07, 6.45) is 3.09. The maximum Gasteiger partial charge on any atom is 0.163 e. The summed E-state index contributed by atoms with van der Waals surface area (Å²) < 4.78 is 4.77. The Morgan fingerprint density at radius 1 is 0.472 bits per heavy atom. The van der Waals surface area contributed by atoms with Gasteiger partial charge in [0.15, 0.2) is 5.82 Å². The summed E-state index contributed by atoms with van der Waals surface area (Å²) in [4.78, 5) is 18.6. The van der Waals surface area contributed by atoms with Gasteiger partial charge in [0.2, 0.25) is 0 Å². The topological polar surface area (TPSA) is 61.4 Å². The molecule has 53 heavy (non-hydrogen) atoms. The zero-order chi connectivity index (χ0) is 34.9. The Bertz CT molecular complexity index is 2910. The van der Waals surface area contributed by atoms with Gasteiger partial charge in [0.25, 0.3) is 0 Å². The predicted molar refractivity (Wildman–Crippen MR) is 212 cm³/mol. The maximum absolute atomic E-state index is 5.43. The minimum atomic E-state index is -0.660. The molecule has 3 aromatic heterocycles. The van der Waals surface area contributed by atoms with Crippen molar-refractivity contribution in [1.82, 2.24) is 29.1 Å². The number of nitrogens with zero attached hydrogens (tertiary/aromatic N) is 6. The SMILES string of the molecule is c1ccc(C2(c3ccccc3)c3cc(-n4c5ccccc5c5ccccc54)ccc3-n3c(-c4ccccc4-c4ncncn4)nc4cccc2c43)cc1. The first-order valence-electron chi connectivity index (χ1n) is 17.8. The zero-order valence-electron chi connectivity index (χ0n) is 28.5. The molecule has 4 heterocycles. The number of benzene rings is 7. The Morgan fingerprint density at radius 3 is 1.75 bits per heavy atom. The average Bonchev–Trinajstić information content (AvgIpc) is 3.79. The molecule has 0 saturated heterocycles. The maximum atomic E-state index is 5.43. The highest BCUT2D eigenvalue weighted by Gasteiger charge is 2.46. The number of hydrogen-bond acceptors (Lipinski definition) is 4. The molecule has 0 spiro atoms. The molecule has 0 bridgehead atoms. The first-order valence-corrected chi connectivity index (χ1v) is 17.8. The van der Waals surface area contributed by atoms with E-state index in [2.05, 4.69) is 188 Å². The van der Waals surface area contributed by atoms with Gasteiger partial charge >= 0.3 is 0 Å². The highest BCUT2D eigenvalue weighted by Crippen LogP contribution is 2.54. The van der Waals surface area contributed by atoms with Crippen LogP contribution in [0, 0.1) is 0 Å². The van der Waals surface area contributed by atoms with Crippen molar-refractivity contribution in [3.05, 3.63) is 205 Å². The number of imidazole rings is 1. The van der Waals surface area contributed by atoms with Crippen LogP contribution in [0.4, 0.5) is 0 Å². The van der Waals surface area contributed by atoms with Crippen molar-refractivity contribution >= 4 is 32.8 Å². The number of hydrogen-bond donors (Lipinski definition) is 0. The Balaban J connectivity index is 1.31. The second-order valence-corrected chi connectivity index (χ2v) is 13.5. The molecule has 6 nitrogen and oxygen atoms in total. The highest BCUT2D eigenvalue weighted by molar-refractivity contribution is 6.09. The van der Waals surface area contributed by atoms with E-state index in [1.54, 1.807) is 12.7 Å². The molecule has 248 valence electrons. The van der Waals surface area contributed by atoms with Gasteiger partial charge in [0, 0.05) is 27.6 Å². The first-order chi connectivity index (χ1) is 26.3. The molecule has 0 amide bonds. The molecule has 0 unspecified atom stereocenters. The third-order valence-corrected chi connectivity index (χ3v) is 10.9. The van der Waals surface area contributed by atoms with Crippen molar-refractivity contribution < 1.29 is 0 Å². The second kappa shape index (κ2) is 11.4. The van der Waals surface area contributed by atoms with Gasteiger partial charge < -0.3 is 4.57 Å². The molecule has 0 radical (unpaired) electrons. The van der Waals surface area contributed by atoms with E-state index < -0.39 is 5.41 Å². The van der Waals surface area contributed by atoms with Crippen LogP contribution in [-0.4, -0.2) is 29.1 Å². The van der Waals surface area contributed by atoms with Gasteiger partial charge in [0.1, 0.15) is 18.5 Å². The van der Waals surface area contributed by atoms with Gasteiger partial charge in [0.05, 0.1) is 33.2 Å². The summed E-state index contributed by atoms with van der Waals surface area (Å²) in [7, 11) is 0. The van der Waals surface area contributed by atoms with E-state index in [0.717, 1.165) is 39.4 Å². The van der Waals surface area contributed by atoms with Gasteiger partial charge in [-0.25, -0.2) is 19.9 Å². The van der Waals surface area contributed by atoms with Crippen LogP contribution in [0.25, 0.3) is 67.0 Å². The molecule has 1 aliphatic rings. The number of fused-ring (bicyclic) bond motifs is 5. The quantitative estimate of drug-likeness (QED) is 0.182. The van der Waals surface area contributed by atoms with E-state index in [4.69, 9.17) is 4.98 Å². The minimum Gasteiger partial charge on any atom is -0.309 e. The lowest BCUT2D eigenvalue weighted by molar-refractivity contribution is 0.724. The summed E-state index contributed by atoms with van der Waals surface area (Å²) in [5, 5.41) is 2.47. The highest BCUT2D eigenvalue weighted by atomic mass is 15.1. The Hall–Kier alpha value is -7.18. The summed E-state index contributed by atoms with van der Waals surface area (Å²) >= 11 is 0. The van der Waals surface area contributed by atoms with Crippen LogP contribution in [0.2, 0.25) is 0 Å². The van der Waals surface area contributed by atoms with E-state index in [9.17, 15) is 0 Å². The lowest BCUT2D eigenvalue weighted by Gasteiger charge is -2.42. The van der Waals surface area contributed by atoms with Crippen LogP contribution in [0.1, 0.15) is 22.3 Å². The third-order valence-electron chi connectivity index (χ3n) is 10.9. The molecular weight excluding hydrogens is 649 g/mol.